The van der Waals surface area contributed by atoms with Gasteiger partial charge in [-0.2, -0.15) is 8.42 Å². The first-order chi connectivity index (χ1) is 12.2. The molecule has 9 heteroatoms. The summed E-state index contributed by atoms with van der Waals surface area (Å²) >= 11 is 0. The number of carbonyl (C=O) groups excluding carboxylic acids is 1. The van der Waals surface area contributed by atoms with E-state index in [0.717, 1.165) is 47.7 Å². The van der Waals surface area contributed by atoms with Crippen LogP contribution in [0.5, 0.6) is 5.75 Å². The molecule has 26 heavy (non-hydrogen) atoms. The van der Waals surface area contributed by atoms with Crippen LogP contribution in [0.2, 0.25) is 0 Å². The van der Waals surface area contributed by atoms with Crippen molar-refractivity contribution in [2.24, 2.45) is 5.92 Å². The van der Waals surface area contributed by atoms with Gasteiger partial charge < -0.3 is 10.4 Å². The van der Waals surface area contributed by atoms with Crippen LogP contribution >= 0.6 is 9.24 Å². The third-order valence-corrected chi connectivity index (χ3v) is 6.96. The molecular weight excluding hydrogens is 373 g/mol. The zero-order valence-electron chi connectivity index (χ0n) is 15.1. The molecule has 3 N–H and O–H groups in total. The fourth-order valence-corrected chi connectivity index (χ4v) is 5.46. The molecule has 144 valence electrons. The largest absolute Gasteiger partial charge is 0.506 e. The van der Waals surface area contributed by atoms with Crippen molar-refractivity contribution in [1.82, 2.24) is 10.0 Å². The number of hydrogen-bond acceptors (Lipinski definition) is 5. The molecule has 0 saturated carbocycles. The summed E-state index contributed by atoms with van der Waals surface area (Å²) < 4.78 is 27.2. The lowest BCUT2D eigenvalue weighted by Gasteiger charge is -2.30. The van der Waals surface area contributed by atoms with E-state index in [2.05, 4.69) is 28.4 Å². The number of nitrogens with zero attached hydrogens (tertiary/aromatic N) is 1. The molecule has 1 aromatic carbocycles. The van der Waals surface area contributed by atoms with Gasteiger partial charge in [0.2, 0.25) is 0 Å². The molecule has 0 aromatic heterocycles. The number of benzene rings is 1. The lowest BCUT2D eigenvalue weighted by Crippen LogP contribution is -2.38. The number of anilines is 1. The minimum Gasteiger partial charge on any atom is -0.506 e. The molecule has 0 bridgehead atoms. The maximum absolute atomic E-state index is 12.2. The Kier molecular flexibility index (Phi) is 5.47. The van der Waals surface area contributed by atoms with Crippen LogP contribution in [0.25, 0.3) is 0 Å². The number of fused-ring (bicyclic) bond motifs is 1. The number of carbonyl (C=O) groups is 1. The number of rotatable bonds is 5. The highest BCUT2D eigenvalue weighted by atomic mass is 32.2. The van der Waals surface area contributed by atoms with Gasteiger partial charge in [-0.3, -0.25) is 4.79 Å². The smallest absolute Gasteiger partial charge is 0.326 e. The number of aromatic hydroxyl groups is 1. The van der Waals surface area contributed by atoms with Gasteiger partial charge in [-0.25, -0.2) is 9.03 Å². The highest BCUT2D eigenvalue weighted by molar-refractivity contribution is 7.92. The van der Waals surface area contributed by atoms with Crippen LogP contribution in [-0.4, -0.2) is 38.6 Å². The highest BCUT2D eigenvalue weighted by Gasteiger charge is 2.37. The van der Waals surface area contributed by atoms with E-state index in [4.69, 9.17) is 0 Å². The Labute approximate surface area is 156 Å². The van der Waals surface area contributed by atoms with Crippen molar-refractivity contribution in [2.45, 2.75) is 45.6 Å². The molecule has 1 fully saturated rings. The number of phenols is 1. The molecule has 2 aliphatic rings. The minimum absolute atomic E-state index is 0.111. The Morgan fingerprint density at radius 2 is 2.19 bits per heavy atom. The lowest BCUT2D eigenvalue weighted by atomic mass is 9.87. The van der Waals surface area contributed by atoms with E-state index < -0.39 is 16.1 Å². The summed E-state index contributed by atoms with van der Waals surface area (Å²) in [6.07, 6.45) is 3.69. The monoisotopic (exact) mass is 399 g/mol. The van der Waals surface area contributed by atoms with E-state index in [-0.39, 0.29) is 18.0 Å². The van der Waals surface area contributed by atoms with E-state index >= 15 is 0 Å². The number of nitrogens with one attached hydrogen (secondary N) is 2. The molecule has 1 amide bonds. The quantitative estimate of drug-likeness (QED) is 0.629. The Morgan fingerprint density at radius 1 is 1.46 bits per heavy atom. The van der Waals surface area contributed by atoms with Crippen molar-refractivity contribution in [2.75, 3.05) is 17.4 Å². The van der Waals surface area contributed by atoms with Crippen LogP contribution in [0.4, 0.5) is 5.69 Å². The van der Waals surface area contributed by atoms with Gasteiger partial charge in [0.1, 0.15) is 18.0 Å². The fraction of sp³-hybridized carbons (Fsp3) is 0.588. The summed E-state index contributed by atoms with van der Waals surface area (Å²) in [6.45, 7) is 5.03. The van der Waals surface area contributed by atoms with Crippen LogP contribution < -0.4 is 19.6 Å². The third kappa shape index (κ3) is 3.82. The van der Waals surface area contributed by atoms with Gasteiger partial charge in [-0.15, -0.1) is 9.24 Å². The zero-order valence-corrected chi connectivity index (χ0v) is 17.1. The maximum atomic E-state index is 12.2. The Hall–Kier alpha value is -1.37. The summed E-state index contributed by atoms with van der Waals surface area (Å²) in [5, 5.41) is 14.6. The molecule has 0 spiro atoms. The maximum Gasteiger partial charge on any atom is 0.326 e. The highest BCUT2D eigenvalue weighted by Crippen LogP contribution is 2.36. The summed E-state index contributed by atoms with van der Waals surface area (Å²) in [7, 11) is -1.39. The van der Waals surface area contributed by atoms with Crippen LogP contribution in [0, 0.1) is 5.92 Å². The zero-order chi connectivity index (χ0) is 19.1. The number of aryl methyl sites for hydroxylation is 1. The molecule has 3 rings (SSSR count). The molecule has 1 aromatic rings. The van der Waals surface area contributed by atoms with Crippen LogP contribution in [0.15, 0.2) is 6.07 Å². The first-order valence-corrected chi connectivity index (χ1v) is 10.9. The van der Waals surface area contributed by atoms with Crippen molar-refractivity contribution in [3.8, 4) is 5.75 Å². The van der Waals surface area contributed by atoms with Gasteiger partial charge in [-0.05, 0) is 55.3 Å². The average Bonchev–Trinajstić information content (AvgIpc) is 2.80. The van der Waals surface area contributed by atoms with Gasteiger partial charge in [0.15, 0.2) is 0 Å². The fourth-order valence-electron chi connectivity index (χ4n) is 3.58. The Morgan fingerprint density at radius 3 is 2.81 bits per heavy atom. The molecular formula is C17H26N3O4PS. The standard InChI is InChI=1S/C17H26N3O4PS/c1-10(2)5-6-18-12-4-3-11-7-14(21)16(17(25)13(11)8-12)20-9-15(22)19-26(20,23)24/h7,10,12,18,21H,3-6,8-9,25H2,1-2H3,(H,19,22)/t12-/m1/s1. The van der Waals surface area contributed by atoms with E-state index in [9.17, 15) is 18.3 Å². The van der Waals surface area contributed by atoms with Crippen LogP contribution in [0.1, 0.15) is 37.8 Å². The second kappa shape index (κ2) is 7.33. The first-order valence-electron chi connectivity index (χ1n) is 8.89. The first kappa shape index (κ1) is 19.4. The Bertz CT molecular complexity index is 826. The average molecular weight is 399 g/mol. The molecule has 1 saturated heterocycles. The van der Waals surface area contributed by atoms with Gasteiger partial charge in [-0.1, -0.05) is 13.8 Å². The second-order valence-corrected chi connectivity index (χ2v) is 9.58. The van der Waals surface area contributed by atoms with Crippen LogP contribution in [0.3, 0.4) is 0 Å². The van der Waals surface area contributed by atoms with E-state index in [0.29, 0.717) is 17.3 Å². The van der Waals surface area contributed by atoms with E-state index in [1.165, 1.54) is 0 Å². The van der Waals surface area contributed by atoms with Crippen molar-refractivity contribution < 1.29 is 18.3 Å². The number of amides is 1. The normalized spacial score (nSPS) is 21.8. The van der Waals surface area contributed by atoms with Gasteiger partial charge in [0, 0.05) is 11.3 Å². The van der Waals surface area contributed by atoms with E-state index in [1.54, 1.807) is 6.07 Å². The molecule has 7 nitrogen and oxygen atoms in total. The second-order valence-electron chi connectivity index (χ2n) is 7.41. The van der Waals surface area contributed by atoms with Gasteiger partial charge in [0.25, 0.3) is 5.91 Å². The van der Waals surface area contributed by atoms with E-state index in [1.807, 2.05) is 4.72 Å². The molecule has 1 heterocycles. The Balaban J connectivity index is 1.88. The van der Waals surface area contributed by atoms with Crippen LogP contribution in [-0.2, 0) is 27.8 Å². The summed E-state index contributed by atoms with van der Waals surface area (Å²) in [5.41, 5.74) is 2.25. The van der Waals surface area contributed by atoms with Crippen molar-refractivity contribution in [3.05, 3.63) is 17.2 Å². The molecule has 2 atom stereocenters. The summed E-state index contributed by atoms with van der Waals surface area (Å²) in [6, 6.07) is 1.97. The minimum atomic E-state index is -3.95. The molecule has 1 aliphatic carbocycles. The SMILES string of the molecule is CC(C)CCN[C@@H]1CCc2cc(O)c(N3CC(=O)NS3(=O)=O)c(P)c2C1. The molecule has 1 unspecified atom stereocenters. The van der Waals surface area contributed by atoms with Crippen molar-refractivity contribution in [3.63, 3.8) is 0 Å². The lowest BCUT2D eigenvalue weighted by molar-refractivity contribution is -0.117. The van der Waals surface area contributed by atoms with Gasteiger partial charge >= 0.3 is 10.2 Å². The number of phenolic OH excluding ortho intramolecular Hbond substituents is 1. The summed E-state index contributed by atoms with van der Waals surface area (Å²) in [5.74, 6) is -0.0654. The summed E-state index contributed by atoms with van der Waals surface area (Å²) in [4.78, 5) is 11.5. The topological polar surface area (TPSA) is 98.7 Å². The van der Waals surface area contributed by atoms with Crippen molar-refractivity contribution in [1.29, 1.82) is 0 Å². The number of hydrogen-bond donors (Lipinski definition) is 3. The molecule has 0 radical (unpaired) electrons. The molecule has 1 aliphatic heterocycles. The van der Waals surface area contributed by atoms with Crippen molar-refractivity contribution >= 4 is 36.3 Å². The predicted octanol–water partition coefficient (Wildman–Crippen LogP) is 0.567. The predicted molar refractivity (Wildman–Crippen MR) is 105 cm³/mol. The van der Waals surface area contributed by atoms with Gasteiger partial charge in [0.05, 0.1) is 0 Å². The third-order valence-electron chi connectivity index (χ3n) is 4.96.